The van der Waals surface area contributed by atoms with Gasteiger partial charge in [-0.15, -0.1) is 11.8 Å². The lowest BCUT2D eigenvalue weighted by Crippen LogP contribution is -2.40. The monoisotopic (exact) mass is 427 g/mol. The highest BCUT2D eigenvalue weighted by molar-refractivity contribution is 8.03. The molecule has 30 heavy (non-hydrogen) atoms. The van der Waals surface area contributed by atoms with Gasteiger partial charge in [-0.05, 0) is 63.4 Å². The number of nitrogens with zero attached hydrogens (tertiary/aromatic N) is 2. The van der Waals surface area contributed by atoms with Gasteiger partial charge in [-0.3, -0.25) is 0 Å². The van der Waals surface area contributed by atoms with Crippen LogP contribution in [0, 0.1) is 11.3 Å². The van der Waals surface area contributed by atoms with Crippen molar-refractivity contribution in [2.24, 2.45) is 0 Å². The number of ether oxygens (including phenoxy) is 2. The maximum absolute atomic E-state index is 10.0. The maximum atomic E-state index is 10.0. The smallest absolute Gasteiger partial charge is 0.161 e. The van der Waals surface area contributed by atoms with Crippen LogP contribution in [0.5, 0.6) is 11.5 Å². The molecule has 0 radical (unpaired) electrons. The topological polar surface area (TPSA) is 57.5 Å². The van der Waals surface area contributed by atoms with Crippen LogP contribution in [0.25, 0.3) is 5.70 Å². The molecular weight excluding hydrogens is 394 g/mol. The zero-order valence-corrected chi connectivity index (χ0v) is 19.0. The molecule has 1 N–H and O–H groups in total. The van der Waals surface area contributed by atoms with E-state index in [0.717, 1.165) is 46.4 Å². The zero-order valence-electron chi connectivity index (χ0n) is 18.2. The number of fused-ring (bicyclic) bond motifs is 3. The summed E-state index contributed by atoms with van der Waals surface area (Å²) in [6.45, 7) is 6.05. The zero-order chi connectivity index (χ0) is 20.9. The number of nitriles is 1. The lowest BCUT2D eigenvalue weighted by atomic mass is 9.75. The number of nitrogens with one attached hydrogen (secondary N) is 1. The summed E-state index contributed by atoms with van der Waals surface area (Å²) in [5, 5.41) is 13.8. The predicted octanol–water partition coefficient (Wildman–Crippen LogP) is 4.74. The minimum atomic E-state index is 0.395. The Bertz CT molecular complexity index is 826. The van der Waals surface area contributed by atoms with Crippen molar-refractivity contribution in [2.75, 3.05) is 39.1 Å². The Hall–Kier alpha value is -1.84. The molecule has 3 aliphatic rings. The summed E-state index contributed by atoms with van der Waals surface area (Å²) in [7, 11) is 1.68. The SMILES string of the molecule is CCOc1cc2c(cc1OC)/C(=C(\C#N)SCCN1CCCC1)NC1CCCCC21. The molecule has 1 aromatic carbocycles. The molecular formula is C24H33N3O2S. The Morgan fingerprint density at radius 2 is 2.00 bits per heavy atom. The fraction of sp³-hybridized carbons (Fsp3) is 0.625. The van der Waals surface area contributed by atoms with E-state index in [9.17, 15) is 5.26 Å². The third-order valence-corrected chi connectivity index (χ3v) is 7.55. The highest BCUT2D eigenvalue weighted by Gasteiger charge is 2.36. The van der Waals surface area contributed by atoms with Gasteiger partial charge >= 0.3 is 0 Å². The maximum Gasteiger partial charge on any atom is 0.161 e. The van der Waals surface area contributed by atoms with E-state index in [1.807, 2.05) is 6.92 Å². The molecule has 4 rings (SSSR count). The van der Waals surface area contributed by atoms with Crippen LogP contribution in [0.4, 0.5) is 0 Å². The number of likely N-dealkylation sites (tertiary alicyclic amines) is 1. The number of hydrogen-bond donors (Lipinski definition) is 1. The molecule has 2 aliphatic heterocycles. The number of allylic oxidation sites excluding steroid dienone is 1. The van der Waals surface area contributed by atoms with E-state index in [1.54, 1.807) is 18.9 Å². The molecule has 1 saturated heterocycles. The summed E-state index contributed by atoms with van der Waals surface area (Å²) in [6, 6.07) is 7.14. The van der Waals surface area contributed by atoms with Gasteiger partial charge in [0.15, 0.2) is 11.5 Å². The van der Waals surface area contributed by atoms with Crippen molar-refractivity contribution in [2.45, 2.75) is 57.4 Å². The fourth-order valence-electron chi connectivity index (χ4n) is 5.10. The molecule has 162 valence electrons. The van der Waals surface area contributed by atoms with Gasteiger partial charge in [-0.1, -0.05) is 12.8 Å². The van der Waals surface area contributed by atoms with Gasteiger partial charge in [-0.25, -0.2) is 0 Å². The fourth-order valence-corrected chi connectivity index (χ4v) is 6.03. The minimum Gasteiger partial charge on any atom is -0.493 e. The highest BCUT2D eigenvalue weighted by Crippen LogP contribution is 2.46. The van der Waals surface area contributed by atoms with E-state index in [-0.39, 0.29) is 0 Å². The van der Waals surface area contributed by atoms with Gasteiger partial charge in [0.2, 0.25) is 0 Å². The van der Waals surface area contributed by atoms with E-state index in [2.05, 4.69) is 28.4 Å². The molecule has 1 aliphatic carbocycles. The van der Waals surface area contributed by atoms with Crippen molar-refractivity contribution >= 4 is 17.5 Å². The summed E-state index contributed by atoms with van der Waals surface area (Å²) in [6.07, 6.45) is 7.44. The molecule has 1 saturated carbocycles. The summed E-state index contributed by atoms with van der Waals surface area (Å²) in [5.74, 6) is 2.97. The Balaban J connectivity index is 1.68. The second kappa shape index (κ2) is 9.98. The van der Waals surface area contributed by atoms with Crippen LogP contribution in [-0.2, 0) is 0 Å². The van der Waals surface area contributed by atoms with E-state index in [4.69, 9.17) is 9.47 Å². The summed E-state index contributed by atoms with van der Waals surface area (Å²) >= 11 is 1.69. The van der Waals surface area contributed by atoms with Gasteiger partial charge in [-0.2, -0.15) is 5.26 Å². The number of thioether (sulfide) groups is 1. The molecule has 1 aromatic rings. The molecule has 2 heterocycles. The number of methoxy groups -OCH3 is 1. The third kappa shape index (κ3) is 4.43. The van der Waals surface area contributed by atoms with Crippen LogP contribution in [0.2, 0.25) is 0 Å². The van der Waals surface area contributed by atoms with Crippen LogP contribution < -0.4 is 14.8 Å². The van der Waals surface area contributed by atoms with Crippen LogP contribution in [0.3, 0.4) is 0 Å². The van der Waals surface area contributed by atoms with E-state index in [1.165, 1.54) is 50.8 Å². The lowest BCUT2D eigenvalue weighted by molar-refractivity contribution is 0.306. The molecule has 5 nitrogen and oxygen atoms in total. The minimum absolute atomic E-state index is 0.395. The van der Waals surface area contributed by atoms with Crippen LogP contribution in [-0.4, -0.2) is 50.0 Å². The summed E-state index contributed by atoms with van der Waals surface area (Å²) in [5.41, 5.74) is 3.41. The van der Waals surface area contributed by atoms with Gasteiger partial charge in [0.05, 0.1) is 19.4 Å². The molecule has 0 aromatic heterocycles. The van der Waals surface area contributed by atoms with Crippen molar-refractivity contribution in [1.29, 1.82) is 5.26 Å². The Kier molecular flexibility index (Phi) is 7.12. The average molecular weight is 428 g/mol. The first-order valence-corrected chi connectivity index (χ1v) is 12.3. The van der Waals surface area contributed by atoms with Crippen molar-refractivity contribution in [3.05, 3.63) is 28.2 Å². The van der Waals surface area contributed by atoms with E-state index < -0.39 is 0 Å². The van der Waals surface area contributed by atoms with Crippen molar-refractivity contribution in [3.8, 4) is 17.6 Å². The third-order valence-electron chi connectivity index (χ3n) is 6.58. The Morgan fingerprint density at radius 3 is 2.73 bits per heavy atom. The van der Waals surface area contributed by atoms with Gasteiger partial charge in [0.1, 0.15) is 11.0 Å². The molecule has 0 amide bonds. The number of hydrogen-bond acceptors (Lipinski definition) is 6. The molecule has 0 bridgehead atoms. The van der Waals surface area contributed by atoms with Crippen LogP contribution >= 0.6 is 11.8 Å². The second-order valence-electron chi connectivity index (χ2n) is 8.38. The first kappa shape index (κ1) is 21.4. The predicted molar refractivity (Wildman–Crippen MR) is 123 cm³/mol. The molecule has 2 atom stereocenters. The van der Waals surface area contributed by atoms with Crippen molar-refractivity contribution < 1.29 is 9.47 Å². The summed E-state index contributed by atoms with van der Waals surface area (Å²) in [4.78, 5) is 3.30. The number of benzene rings is 1. The highest BCUT2D eigenvalue weighted by atomic mass is 32.2. The van der Waals surface area contributed by atoms with Crippen LogP contribution in [0.1, 0.15) is 62.5 Å². The van der Waals surface area contributed by atoms with E-state index >= 15 is 0 Å². The largest absolute Gasteiger partial charge is 0.493 e. The first-order valence-electron chi connectivity index (χ1n) is 11.4. The quantitative estimate of drug-likeness (QED) is 0.634. The molecule has 0 spiro atoms. The molecule has 6 heteroatoms. The standard InChI is InChI=1S/C24H33N3O2S/c1-3-29-22-14-18-17-8-4-5-9-20(17)26-24(19(18)15-21(22)28-2)23(16-25)30-13-12-27-10-6-7-11-27/h14-15,17,20,26H,3-13H2,1-2H3/b24-23-. The van der Waals surface area contributed by atoms with Gasteiger partial charge in [0, 0.05) is 29.8 Å². The van der Waals surface area contributed by atoms with Crippen LogP contribution in [0.15, 0.2) is 17.0 Å². The second-order valence-corrected chi connectivity index (χ2v) is 9.48. The molecule has 2 fully saturated rings. The van der Waals surface area contributed by atoms with Crippen molar-refractivity contribution in [1.82, 2.24) is 10.2 Å². The summed E-state index contributed by atoms with van der Waals surface area (Å²) < 4.78 is 11.5. The average Bonchev–Trinajstić information content (AvgIpc) is 3.30. The Labute approximate surface area is 184 Å². The van der Waals surface area contributed by atoms with Gasteiger partial charge in [0.25, 0.3) is 0 Å². The number of rotatable bonds is 7. The molecule has 2 unspecified atom stereocenters. The van der Waals surface area contributed by atoms with Crippen molar-refractivity contribution in [3.63, 3.8) is 0 Å². The Morgan fingerprint density at radius 1 is 1.20 bits per heavy atom. The first-order chi connectivity index (χ1) is 14.7. The lowest BCUT2D eigenvalue weighted by Gasteiger charge is -2.40. The van der Waals surface area contributed by atoms with Gasteiger partial charge < -0.3 is 19.7 Å². The van der Waals surface area contributed by atoms with E-state index in [0.29, 0.717) is 18.6 Å². The normalized spacial score (nSPS) is 25.0.